The molecule has 1 atom stereocenters. The smallest absolute Gasteiger partial charge is 0.209 e. The Morgan fingerprint density at radius 3 is 2.67 bits per heavy atom. The normalized spacial score (nSPS) is 35.1. The van der Waals surface area contributed by atoms with Crippen molar-refractivity contribution in [2.75, 3.05) is 13.1 Å². The Morgan fingerprint density at radius 1 is 1.78 bits per heavy atom. The molecule has 0 aromatic heterocycles. The molecule has 0 aromatic carbocycles. The van der Waals surface area contributed by atoms with E-state index in [2.05, 4.69) is 0 Å². The lowest BCUT2D eigenvalue weighted by atomic mass is 10.1. The van der Waals surface area contributed by atoms with E-state index in [-0.39, 0.29) is 0 Å². The van der Waals surface area contributed by atoms with Gasteiger partial charge in [0.05, 0.1) is 5.60 Å². The third-order valence-electron chi connectivity index (χ3n) is 1.63. The first kappa shape index (κ1) is 6.55. The minimum absolute atomic E-state index is 0.483. The monoisotopic (exact) mass is 129 g/mol. The summed E-state index contributed by atoms with van der Waals surface area (Å²) >= 11 is 0. The van der Waals surface area contributed by atoms with Gasteiger partial charge in [0.25, 0.3) is 0 Å². The number of carbonyl (C=O) groups is 1. The van der Waals surface area contributed by atoms with Crippen molar-refractivity contribution in [1.29, 1.82) is 0 Å². The quantitative estimate of drug-likeness (QED) is 0.489. The summed E-state index contributed by atoms with van der Waals surface area (Å²) < 4.78 is 0. The van der Waals surface area contributed by atoms with Crippen molar-refractivity contribution in [3.63, 3.8) is 0 Å². The summed E-state index contributed by atoms with van der Waals surface area (Å²) in [7, 11) is 0. The second-order valence-electron chi connectivity index (χ2n) is 2.82. The highest BCUT2D eigenvalue weighted by Crippen LogP contribution is 2.17. The summed E-state index contributed by atoms with van der Waals surface area (Å²) in [6.07, 6.45) is 1.48. The van der Waals surface area contributed by atoms with Crippen LogP contribution in [-0.2, 0) is 4.79 Å². The van der Waals surface area contributed by atoms with Gasteiger partial charge < -0.3 is 10.0 Å². The van der Waals surface area contributed by atoms with Crippen molar-refractivity contribution in [3.8, 4) is 0 Å². The number of amides is 1. The molecule has 1 rings (SSSR count). The van der Waals surface area contributed by atoms with Crippen molar-refractivity contribution in [3.05, 3.63) is 0 Å². The molecule has 1 fully saturated rings. The van der Waals surface area contributed by atoms with Gasteiger partial charge in [-0.3, -0.25) is 4.79 Å². The van der Waals surface area contributed by atoms with Gasteiger partial charge in [0, 0.05) is 13.1 Å². The standard InChI is InChI=1S/C6H11NO2/c1-6(9)2-3-7(4-6)5-8/h5,9H,2-4H2,1H3. The molecule has 52 valence electrons. The second-order valence-corrected chi connectivity index (χ2v) is 2.82. The van der Waals surface area contributed by atoms with Crippen molar-refractivity contribution in [2.24, 2.45) is 0 Å². The number of rotatable bonds is 1. The van der Waals surface area contributed by atoms with Crippen LogP contribution < -0.4 is 0 Å². The molecule has 3 nitrogen and oxygen atoms in total. The molecule has 1 amide bonds. The largest absolute Gasteiger partial charge is 0.388 e. The van der Waals surface area contributed by atoms with Crippen LogP contribution in [0.25, 0.3) is 0 Å². The molecule has 0 aromatic rings. The van der Waals surface area contributed by atoms with Gasteiger partial charge >= 0.3 is 0 Å². The average molecular weight is 129 g/mol. The van der Waals surface area contributed by atoms with E-state index in [0.717, 1.165) is 6.41 Å². The van der Waals surface area contributed by atoms with Gasteiger partial charge in [-0.25, -0.2) is 0 Å². The van der Waals surface area contributed by atoms with Gasteiger partial charge in [0.15, 0.2) is 0 Å². The van der Waals surface area contributed by atoms with Gasteiger partial charge in [-0.15, -0.1) is 0 Å². The van der Waals surface area contributed by atoms with Gasteiger partial charge in [0.1, 0.15) is 0 Å². The number of nitrogens with zero attached hydrogens (tertiary/aromatic N) is 1. The Balaban J connectivity index is 2.47. The number of aliphatic hydroxyl groups is 1. The van der Waals surface area contributed by atoms with E-state index < -0.39 is 5.60 Å². The Bertz CT molecular complexity index is 122. The lowest BCUT2D eigenvalue weighted by molar-refractivity contribution is -0.118. The predicted octanol–water partition coefficient (Wildman–Crippen LogP) is -0.401. The summed E-state index contributed by atoms with van der Waals surface area (Å²) in [5, 5.41) is 9.30. The van der Waals surface area contributed by atoms with Gasteiger partial charge in [-0.1, -0.05) is 0 Å². The summed E-state index contributed by atoms with van der Waals surface area (Å²) in [5.74, 6) is 0. The second kappa shape index (κ2) is 1.99. The SMILES string of the molecule is CC1(O)CCN(C=O)C1. The Morgan fingerprint density at radius 2 is 2.44 bits per heavy atom. The lowest BCUT2D eigenvalue weighted by Gasteiger charge is -2.14. The molecule has 0 bridgehead atoms. The van der Waals surface area contributed by atoms with Gasteiger partial charge in [0.2, 0.25) is 6.41 Å². The van der Waals surface area contributed by atoms with E-state index in [4.69, 9.17) is 0 Å². The molecular weight excluding hydrogens is 118 g/mol. The highest BCUT2D eigenvalue weighted by atomic mass is 16.3. The highest BCUT2D eigenvalue weighted by Gasteiger charge is 2.29. The zero-order valence-electron chi connectivity index (χ0n) is 5.50. The fourth-order valence-corrected chi connectivity index (χ4v) is 1.07. The van der Waals surface area contributed by atoms with Crippen LogP contribution >= 0.6 is 0 Å². The minimum Gasteiger partial charge on any atom is -0.388 e. The summed E-state index contributed by atoms with van der Waals surface area (Å²) in [5.41, 5.74) is -0.638. The van der Waals surface area contributed by atoms with Crippen LogP contribution in [0.3, 0.4) is 0 Å². The van der Waals surface area contributed by atoms with E-state index in [1.165, 1.54) is 0 Å². The molecule has 1 aliphatic rings. The van der Waals surface area contributed by atoms with Gasteiger partial charge in [-0.2, -0.15) is 0 Å². The molecular formula is C6H11NO2. The number of hydrogen-bond acceptors (Lipinski definition) is 2. The fraction of sp³-hybridized carbons (Fsp3) is 0.833. The fourth-order valence-electron chi connectivity index (χ4n) is 1.07. The van der Waals surface area contributed by atoms with Crippen LogP contribution in [0.1, 0.15) is 13.3 Å². The maximum absolute atomic E-state index is 10.1. The molecule has 1 aliphatic heterocycles. The number of likely N-dealkylation sites (tertiary alicyclic amines) is 1. The van der Waals surface area contributed by atoms with E-state index >= 15 is 0 Å². The first-order valence-electron chi connectivity index (χ1n) is 3.06. The molecule has 9 heavy (non-hydrogen) atoms. The molecule has 0 saturated carbocycles. The van der Waals surface area contributed by atoms with Crippen molar-refractivity contribution in [2.45, 2.75) is 18.9 Å². The van der Waals surface area contributed by atoms with Crippen LogP contribution in [0.5, 0.6) is 0 Å². The van der Waals surface area contributed by atoms with Crippen molar-refractivity contribution < 1.29 is 9.90 Å². The Labute approximate surface area is 54.3 Å². The summed E-state index contributed by atoms with van der Waals surface area (Å²) in [6.45, 7) is 2.92. The van der Waals surface area contributed by atoms with Crippen LogP contribution in [0.15, 0.2) is 0 Å². The number of hydrogen-bond donors (Lipinski definition) is 1. The molecule has 1 N–H and O–H groups in total. The molecule has 0 radical (unpaired) electrons. The summed E-state index contributed by atoms with van der Waals surface area (Å²) in [4.78, 5) is 11.7. The van der Waals surface area contributed by atoms with Gasteiger partial charge in [-0.05, 0) is 13.3 Å². The maximum Gasteiger partial charge on any atom is 0.209 e. The van der Waals surface area contributed by atoms with E-state index in [0.29, 0.717) is 19.5 Å². The lowest BCUT2D eigenvalue weighted by Crippen LogP contribution is -2.28. The van der Waals surface area contributed by atoms with E-state index in [9.17, 15) is 9.90 Å². The van der Waals surface area contributed by atoms with Crippen LogP contribution in [0, 0.1) is 0 Å². The minimum atomic E-state index is -0.638. The van der Waals surface area contributed by atoms with Crippen LogP contribution in [-0.4, -0.2) is 35.1 Å². The molecule has 0 spiro atoms. The van der Waals surface area contributed by atoms with E-state index in [1.807, 2.05) is 0 Å². The molecule has 0 aliphatic carbocycles. The Kier molecular flexibility index (Phi) is 1.45. The number of carbonyl (C=O) groups excluding carboxylic acids is 1. The zero-order valence-corrected chi connectivity index (χ0v) is 5.50. The summed E-state index contributed by atoms with van der Waals surface area (Å²) in [6, 6.07) is 0. The van der Waals surface area contributed by atoms with Crippen molar-refractivity contribution in [1.82, 2.24) is 4.90 Å². The zero-order chi connectivity index (χ0) is 6.91. The molecule has 3 heteroatoms. The van der Waals surface area contributed by atoms with Crippen LogP contribution in [0.4, 0.5) is 0 Å². The van der Waals surface area contributed by atoms with Crippen molar-refractivity contribution >= 4 is 6.41 Å². The molecule has 1 unspecified atom stereocenters. The third-order valence-corrected chi connectivity index (χ3v) is 1.63. The average Bonchev–Trinajstić information content (AvgIpc) is 2.10. The first-order valence-corrected chi connectivity index (χ1v) is 3.06. The molecule has 1 saturated heterocycles. The third kappa shape index (κ3) is 1.42. The highest BCUT2D eigenvalue weighted by molar-refractivity contribution is 5.47. The topological polar surface area (TPSA) is 40.5 Å². The predicted molar refractivity (Wildman–Crippen MR) is 32.9 cm³/mol. The Hall–Kier alpha value is -0.570. The number of β-amino-alcohol motifs (C(OH)–C–C–N with tert-alkyl or cyclic N) is 1. The maximum atomic E-state index is 10.1. The van der Waals surface area contributed by atoms with E-state index in [1.54, 1.807) is 11.8 Å². The van der Waals surface area contributed by atoms with Crippen LogP contribution in [0.2, 0.25) is 0 Å². The first-order chi connectivity index (χ1) is 4.14. The molecule has 1 heterocycles.